The number of nitrogens with zero attached hydrogens (tertiary/aromatic N) is 2. The SMILES string of the molecule is Cc1ccc(C)c(C(N)CSc2nccc(C)n2)c1. The lowest BCUT2D eigenvalue weighted by Crippen LogP contribution is -2.14. The summed E-state index contributed by atoms with van der Waals surface area (Å²) in [5, 5.41) is 0.792. The van der Waals surface area contributed by atoms with E-state index in [-0.39, 0.29) is 6.04 Å². The fraction of sp³-hybridized carbons (Fsp3) is 0.333. The standard InChI is InChI=1S/C15H19N3S/c1-10-4-5-11(2)13(8-10)14(16)9-19-15-17-7-6-12(3)18-15/h4-8,14H,9,16H2,1-3H3. The van der Waals surface area contributed by atoms with Crippen LogP contribution in [0, 0.1) is 20.8 Å². The van der Waals surface area contributed by atoms with Crippen molar-refractivity contribution in [2.24, 2.45) is 5.73 Å². The van der Waals surface area contributed by atoms with Crippen molar-refractivity contribution in [3.8, 4) is 0 Å². The number of aryl methyl sites for hydroxylation is 3. The van der Waals surface area contributed by atoms with Crippen molar-refractivity contribution in [1.82, 2.24) is 9.97 Å². The molecule has 0 saturated carbocycles. The van der Waals surface area contributed by atoms with Gasteiger partial charge in [0.15, 0.2) is 5.16 Å². The van der Waals surface area contributed by atoms with Crippen LogP contribution < -0.4 is 5.73 Å². The summed E-state index contributed by atoms with van der Waals surface area (Å²) in [6.45, 7) is 6.16. The second-order valence-electron chi connectivity index (χ2n) is 4.76. The van der Waals surface area contributed by atoms with E-state index in [9.17, 15) is 0 Å². The fourth-order valence-electron chi connectivity index (χ4n) is 1.91. The number of benzene rings is 1. The van der Waals surface area contributed by atoms with Crippen LogP contribution in [-0.2, 0) is 0 Å². The van der Waals surface area contributed by atoms with Gasteiger partial charge in [-0.05, 0) is 38.0 Å². The van der Waals surface area contributed by atoms with Gasteiger partial charge in [0.1, 0.15) is 0 Å². The van der Waals surface area contributed by atoms with E-state index in [2.05, 4.69) is 42.0 Å². The third-order valence-electron chi connectivity index (χ3n) is 3.00. The Morgan fingerprint density at radius 3 is 2.74 bits per heavy atom. The van der Waals surface area contributed by atoms with Crippen LogP contribution in [-0.4, -0.2) is 15.7 Å². The summed E-state index contributed by atoms with van der Waals surface area (Å²) in [5.74, 6) is 0.785. The van der Waals surface area contributed by atoms with Crippen LogP contribution in [0.15, 0.2) is 35.6 Å². The Morgan fingerprint density at radius 1 is 1.21 bits per heavy atom. The van der Waals surface area contributed by atoms with Gasteiger partial charge < -0.3 is 5.73 Å². The summed E-state index contributed by atoms with van der Waals surface area (Å²) < 4.78 is 0. The van der Waals surface area contributed by atoms with Gasteiger partial charge in [-0.15, -0.1) is 0 Å². The van der Waals surface area contributed by atoms with Gasteiger partial charge in [-0.1, -0.05) is 35.5 Å². The van der Waals surface area contributed by atoms with E-state index in [1.807, 2.05) is 13.0 Å². The molecular weight excluding hydrogens is 254 g/mol. The molecule has 3 nitrogen and oxygen atoms in total. The van der Waals surface area contributed by atoms with Crippen molar-refractivity contribution < 1.29 is 0 Å². The molecule has 0 bridgehead atoms. The van der Waals surface area contributed by atoms with Gasteiger partial charge in [0.2, 0.25) is 0 Å². The van der Waals surface area contributed by atoms with Crippen LogP contribution in [0.25, 0.3) is 0 Å². The maximum absolute atomic E-state index is 6.27. The van der Waals surface area contributed by atoms with Crippen molar-refractivity contribution in [1.29, 1.82) is 0 Å². The Labute approximate surface area is 118 Å². The number of hydrogen-bond acceptors (Lipinski definition) is 4. The number of nitrogens with two attached hydrogens (primary N) is 1. The molecule has 4 heteroatoms. The van der Waals surface area contributed by atoms with Crippen molar-refractivity contribution >= 4 is 11.8 Å². The van der Waals surface area contributed by atoms with Gasteiger partial charge >= 0.3 is 0 Å². The first-order valence-corrected chi connectivity index (χ1v) is 7.30. The van der Waals surface area contributed by atoms with Crippen LogP contribution in [0.5, 0.6) is 0 Å². The summed E-state index contributed by atoms with van der Waals surface area (Å²) in [4.78, 5) is 8.62. The van der Waals surface area contributed by atoms with Gasteiger partial charge in [-0.3, -0.25) is 0 Å². The smallest absolute Gasteiger partial charge is 0.187 e. The van der Waals surface area contributed by atoms with Crippen LogP contribution in [0.3, 0.4) is 0 Å². The van der Waals surface area contributed by atoms with Crippen molar-refractivity contribution in [3.05, 3.63) is 52.8 Å². The first kappa shape index (κ1) is 14.0. The molecule has 0 fully saturated rings. The van der Waals surface area contributed by atoms with E-state index in [0.29, 0.717) is 0 Å². The molecule has 0 radical (unpaired) electrons. The van der Waals surface area contributed by atoms with E-state index in [0.717, 1.165) is 16.6 Å². The Bertz CT molecular complexity index is 569. The van der Waals surface area contributed by atoms with E-state index in [1.54, 1.807) is 18.0 Å². The van der Waals surface area contributed by atoms with Gasteiger partial charge in [0.25, 0.3) is 0 Å². The largest absolute Gasteiger partial charge is 0.323 e. The highest BCUT2D eigenvalue weighted by molar-refractivity contribution is 7.99. The number of aromatic nitrogens is 2. The highest BCUT2D eigenvalue weighted by Gasteiger charge is 2.10. The quantitative estimate of drug-likeness (QED) is 0.686. The van der Waals surface area contributed by atoms with E-state index >= 15 is 0 Å². The molecule has 1 aromatic heterocycles. The Hall–Kier alpha value is -1.39. The van der Waals surface area contributed by atoms with Crippen LogP contribution in [0.1, 0.15) is 28.4 Å². The first-order chi connectivity index (χ1) is 9.06. The molecule has 0 saturated heterocycles. The predicted molar refractivity (Wildman–Crippen MR) is 80.3 cm³/mol. The molecule has 2 N–H and O–H groups in total. The van der Waals surface area contributed by atoms with Crippen LogP contribution >= 0.6 is 11.8 Å². The maximum atomic E-state index is 6.27. The van der Waals surface area contributed by atoms with Crippen molar-refractivity contribution in [2.45, 2.75) is 32.0 Å². The maximum Gasteiger partial charge on any atom is 0.187 e. The molecule has 0 spiro atoms. The molecule has 0 amide bonds. The zero-order valence-corrected chi connectivity index (χ0v) is 12.4. The van der Waals surface area contributed by atoms with Gasteiger partial charge in [0.05, 0.1) is 0 Å². The summed E-state index contributed by atoms with van der Waals surface area (Å²) >= 11 is 1.60. The first-order valence-electron chi connectivity index (χ1n) is 6.31. The molecule has 0 aliphatic heterocycles. The zero-order chi connectivity index (χ0) is 13.8. The molecule has 1 aromatic carbocycles. The highest BCUT2D eigenvalue weighted by atomic mass is 32.2. The molecule has 0 aliphatic carbocycles. The van der Waals surface area contributed by atoms with Gasteiger partial charge in [-0.25, -0.2) is 9.97 Å². The molecule has 1 heterocycles. The number of thioether (sulfide) groups is 1. The van der Waals surface area contributed by atoms with Gasteiger partial charge in [-0.2, -0.15) is 0 Å². The lowest BCUT2D eigenvalue weighted by atomic mass is 10.0. The van der Waals surface area contributed by atoms with E-state index < -0.39 is 0 Å². The van der Waals surface area contributed by atoms with Crippen molar-refractivity contribution in [2.75, 3.05) is 5.75 Å². The number of rotatable bonds is 4. The summed E-state index contributed by atoms with van der Waals surface area (Å²) in [5.41, 5.74) is 10.9. The molecule has 19 heavy (non-hydrogen) atoms. The molecule has 1 unspecified atom stereocenters. The average Bonchev–Trinajstić information content (AvgIpc) is 2.39. The summed E-state index contributed by atoms with van der Waals surface area (Å²) in [6, 6.07) is 8.31. The predicted octanol–water partition coefficient (Wildman–Crippen LogP) is 3.19. The second kappa shape index (κ2) is 6.17. The molecule has 2 rings (SSSR count). The number of hydrogen-bond donors (Lipinski definition) is 1. The summed E-state index contributed by atoms with van der Waals surface area (Å²) in [7, 11) is 0. The average molecular weight is 273 g/mol. The second-order valence-corrected chi connectivity index (χ2v) is 5.75. The Balaban J connectivity index is 2.05. The third-order valence-corrected chi connectivity index (χ3v) is 3.98. The van der Waals surface area contributed by atoms with E-state index in [1.165, 1.54) is 16.7 Å². The molecule has 100 valence electrons. The lowest BCUT2D eigenvalue weighted by Gasteiger charge is -2.14. The van der Waals surface area contributed by atoms with Crippen LogP contribution in [0.4, 0.5) is 0 Å². The minimum atomic E-state index is 0.00834. The molecular formula is C15H19N3S. The normalized spacial score (nSPS) is 12.4. The topological polar surface area (TPSA) is 51.8 Å². The summed E-state index contributed by atoms with van der Waals surface area (Å²) in [6.07, 6.45) is 1.79. The zero-order valence-electron chi connectivity index (χ0n) is 11.6. The monoisotopic (exact) mass is 273 g/mol. The lowest BCUT2D eigenvalue weighted by molar-refractivity contribution is 0.815. The fourth-order valence-corrected chi connectivity index (χ4v) is 2.76. The third kappa shape index (κ3) is 3.78. The Morgan fingerprint density at radius 2 is 2.00 bits per heavy atom. The van der Waals surface area contributed by atoms with Crippen molar-refractivity contribution in [3.63, 3.8) is 0 Å². The minimum Gasteiger partial charge on any atom is -0.323 e. The highest BCUT2D eigenvalue weighted by Crippen LogP contribution is 2.23. The molecule has 1 atom stereocenters. The molecule has 2 aromatic rings. The Kier molecular flexibility index (Phi) is 4.56. The van der Waals surface area contributed by atoms with E-state index in [4.69, 9.17) is 5.73 Å². The van der Waals surface area contributed by atoms with Crippen LogP contribution in [0.2, 0.25) is 0 Å². The van der Waals surface area contributed by atoms with Gasteiger partial charge in [0, 0.05) is 23.7 Å². The minimum absolute atomic E-state index is 0.00834. The molecule has 0 aliphatic rings.